The van der Waals surface area contributed by atoms with Crippen LogP contribution < -0.4 is 0 Å². The van der Waals surface area contributed by atoms with Crippen LogP contribution in [0.15, 0.2) is 17.5 Å². The van der Waals surface area contributed by atoms with Crippen molar-refractivity contribution in [2.45, 2.75) is 32.3 Å². The van der Waals surface area contributed by atoms with Gasteiger partial charge in [-0.05, 0) is 32.2 Å². The number of aliphatic carboxylic acids is 1. The van der Waals surface area contributed by atoms with Crippen molar-refractivity contribution in [2.75, 3.05) is 13.1 Å². The second-order valence-corrected chi connectivity index (χ2v) is 6.93. The number of hydrogen-bond donors (Lipinski definition) is 1. The average molecular weight is 297 g/mol. The molecule has 0 bridgehead atoms. The number of amides is 1. The molecular weight excluding hydrogens is 278 g/mol. The lowest BCUT2D eigenvalue weighted by molar-refractivity contribution is -0.141. The minimum atomic E-state index is -0.866. The summed E-state index contributed by atoms with van der Waals surface area (Å²) >= 11 is 1.53. The Morgan fingerprint density at radius 3 is 2.60 bits per heavy atom. The van der Waals surface area contributed by atoms with E-state index in [-0.39, 0.29) is 12.5 Å². The topological polar surface area (TPSA) is 66.8 Å². The Balaban J connectivity index is 2.12. The molecule has 1 aliphatic heterocycles. The van der Waals surface area contributed by atoms with Crippen LogP contribution in [0.25, 0.3) is 0 Å². The smallest absolute Gasteiger partial charge is 0.410 e. The zero-order valence-electron chi connectivity index (χ0n) is 11.8. The standard InChI is InChI=1S/C14H19NO4S/c1-14(2,3)19-13(18)15-7-9(10(8-15)12(16)17)11-5-4-6-20-11/h4-6,9-10H,7-8H2,1-3H3,(H,16,17)/t9-,10-/m1/s1. The van der Waals surface area contributed by atoms with E-state index >= 15 is 0 Å². The molecule has 5 nitrogen and oxygen atoms in total. The van der Waals surface area contributed by atoms with E-state index in [2.05, 4.69) is 0 Å². The first-order valence-electron chi connectivity index (χ1n) is 6.52. The molecule has 1 amide bonds. The molecule has 0 spiro atoms. The fraction of sp³-hybridized carbons (Fsp3) is 0.571. The Hall–Kier alpha value is -1.56. The van der Waals surface area contributed by atoms with Gasteiger partial charge in [-0.2, -0.15) is 0 Å². The Kier molecular flexibility index (Phi) is 4.04. The first-order chi connectivity index (χ1) is 9.28. The van der Waals surface area contributed by atoms with Gasteiger partial charge in [0, 0.05) is 23.9 Å². The highest BCUT2D eigenvalue weighted by molar-refractivity contribution is 7.10. The third-order valence-corrected chi connectivity index (χ3v) is 4.20. The van der Waals surface area contributed by atoms with E-state index in [4.69, 9.17) is 4.74 Å². The van der Waals surface area contributed by atoms with Crippen molar-refractivity contribution in [3.63, 3.8) is 0 Å². The normalized spacial score (nSPS) is 22.9. The van der Waals surface area contributed by atoms with Crippen LogP contribution in [-0.2, 0) is 9.53 Å². The molecule has 0 aliphatic carbocycles. The molecule has 2 heterocycles. The fourth-order valence-corrected chi connectivity index (χ4v) is 3.21. The number of nitrogens with zero attached hydrogens (tertiary/aromatic N) is 1. The van der Waals surface area contributed by atoms with Gasteiger partial charge in [0.1, 0.15) is 5.60 Å². The van der Waals surface area contributed by atoms with Gasteiger partial charge < -0.3 is 14.7 Å². The average Bonchev–Trinajstić information content (AvgIpc) is 2.95. The fourth-order valence-electron chi connectivity index (χ4n) is 2.32. The number of hydrogen-bond acceptors (Lipinski definition) is 4. The van der Waals surface area contributed by atoms with E-state index < -0.39 is 23.6 Å². The first kappa shape index (κ1) is 14.8. The summed E-state index contributed by atoms with van der Waals surface area (Å²) in [5.74, 6) is -1.59. The summed E-state index contributed by atoms with van der Waals surface area (Å²) in [5, 5.41) is 11.3. The predicted octanol–water partition coefficient (Wildman–Crippen LogP) is 2.78. The maximum absolute atomic E-state index is 12.1. The Bertz CT molecular complexity index is 492. The van der Waals surface area contributed by atoms with Crippen molar-refractivity contribution in [2.24, 2.45) is 5.92 Å². The quantitative estimate of drug-likeness (QED) is 0.911. The second kappa shape index (κ2) is 5.44. The Morgan fingerprint density at radius 1 is 1.40 bits per heavy atom. The number of carboxylic acid groups (broad SMARTS) is 1. The second-order valence-electron chi connectivity index (χ2n) is 5.95. The van der Waals surface area contributed by atoms with Gasteiger partial charge in [0.15, 0.2) is 0 Å². The molecular formula is C14H19NO4S. The van der Waals surface area contributed by atoms with Crippen LogP contribution in [0, 0.1) is 5.92 Å². The highest BCUT2D eigenvalue weighted by atomic mass is 32.1. The Labute approximate surface area is 122 Å². The lowest BCUT2D eigenvalue weighted by Gasteiger charge is -2.24. The number of carboxylic acids is 1. The molecule has 0 unspecified atom stereocenters. The molecule has 0 radical (unpaired) electrons. The van der Waals surface area contributed by atoms with E-state index in [0.717, 1.165) is 4.88 Å². The van der Waals surface area contributed by atoms with Crippen LogP contribution in [-0.4, -0.2) is 40.8 Å². The summed E-state index contributed by atoms with van der Waals surface area (Å²) < 4.78 is 5.31. The monoisotopic (exact) mass is 297 g/mol. The van der Waals surface area contributed by atoms with Gasteiger partial charge in [-0.25, -0.2) is 4.79 Å². The van der Waals surface area contributed by atoms with Crippen LogP contribution in [0.4, 0.5) is 4.79 Å². The van der Waals surface area contributed by atoms with Gasteiger partial charge in [-0.3, -0.25) is 4.79 Å². The van der Waals surface area contributed by atoms with E-state index in [0.29, 0.717) is 6.54 Å². The molecule has 1 fully saturated rings. The molecule has 0 saturated carbocycles. The summed E-state index contributed by atoms with van der Waals surface area (Å²) in [6, 6.07) is 3.82. The summed E-state index contributed by atoms with van der Waals surface area (Å²) in [5.41, 5.74) is -0.573. The molecule has 1 saturated heterocycles. The summed E-state index contributed by atoms with van der Waals surface area (Å²) in [4.78, 5) is 25.9. The molecule has 2 atom stereocenters. The zero-order chi connectivity index (χ0) is 14.9. The lowest BCUT2D eigenvalue weighted by Crippen LogP contribution is -2.35. The number of rotatable bonds is 2. The van der Waals surface area contributed by atoms with Gasteiger partial charge in [0.25, 0.3) is 0 Å². The molecule has 110 valence electrons. The van der Waals surface area contributed by atoms with Gasteiger partial charge in [-0.15, -0.1) is 11.3 Å². The SMILES string of the molecule is CC(C)(C)OC(=O)N1C[C@@H](C(=O)O)[C@H](c2cccs2)C1. The minimum Gasteiger partial charge on any atom is -0.481 e. The third-order valence-electron chi connectivity index (χ3n) is 3.20. The number of thiophene rings is 1. The highest BCUT2D eigenvalue weighted by Crippen LogP contribution is 2.35. The summed E-state index contributed by atoms with van der Waals surface area (Å²) in [6.07, 6.45) is -0.442. The van der Waals surface area contributed by atoms with E-state index in [1.54, 1.807) is 20.8 Å². The van der Waals surface area contributed by atoms with Crippen LogP contribution >= 0.6 is 11.3 Å². The van der Waals surface area contributed by atoms with Crippen molar-refractivity contribution < 1.29 is 19.4 Å². The maximum Gasteiger partial charge on any atom is 0.410 e. The van der Waals surface area contributed by atoms with E-state index in [1.165, 1.54) is 16.2 Å². The van der Waals surface area contributed by atoms with Crippen LogP contribution in [0.1, 0.15) is 31.6 Å². The summed E-state index contributed by atoms with van der Waals surface area (Å²) in [6.45, 7) is 5.99. The molecule has 1 aromatic heterocycles. The van der Waals surface area contributed by atoms with Gasteiger partial charge in [-0.1, -0.05) is 6.07 Å². The molecule has 1 aliphatic rings. The van der Waals surface area contributed by atoms with Crippen LogP contribution in [0.2, 0.25) is 0 Å². The summed E-state index contributed by atoms with van der Waals surface area (Å²) in [7, 11) is 0. The van der Waals surface area contributed by atoms with Crippen LogP contribution in [0.3, 0.4) is 0 Å². The van der Waals surface area contributed by atoms with Gasteiger partial charge in [0.05, 0.1) is 5.92 Å². The highest BCUT2D eigenvalue weighted by Gasteiger charge is 2.42. The number of carbonyl (C=O) groups is 2. The van der Waals surface area contributed by atoms with Gasteiger partial charge in [0.2, 0.25) is 0 Å². The van der Waals surface area contributed by atoms with E-state index in [9.17, 15) is 14.7 Å². The zero-order valence-corrected chi connectivity index (χ0v) is 12.6. The molecule has 6 heteroatoms. The number of likely N-dealkylation sites (tertiary alicyclic amines) is 1. The largest absolute Gasteiger partial charge is 0.481 e. The molecule has 1 N–H and O–H groups in total. The van der Waals surface area contributed by atoms with Crippen LogP contribution in [0.5, 0.6) is 0 Å². The molecule has 2 rings (SSSR count). The van der Waals surface area contributed by atoms with Crippen molar-refractivity contribution >= 4 is 23.4 Å². The minimum absolute atomic E-state index is 0.153. The third kappa shape index (κ3) is 3.30. The number of ether oxygens (including phenoxy) is 1. The van der Waals surface area contributed by atoms with Crippen molar-refractivity contribution in [1.82, 2.24) is 4.90 Å². The molecule has 0 aromatic carbocycles. The number of carbonyl (C=O) groups excluding carboxylic acids is 1. The predicted molar refractivity (Wildman–Crippen MR) is 76.0 cm³/mol. The van der Waals surface area contributed by atoms with Crippen molar-refractivity contribution in [1.29, 1.82) is 0 Å². The first-order valence-corrected chi connectivity index (χ1v) is 7.40. The van der Waals surface area contributed by atoms with Crippen molar-refractivity contribution in [3.8, 4) is 0 Å². The lowest BCUT2D eigenvalue weighted by atomic mass is 9.95. The Morgan fingerprint density at radius 2 is 2.10 bits per heavy atom. The molecule has 20 heavy (non-hydrogen) atoms. The van der Waals surface area contributed by atoms with Crippen molar-refractivity contribution in [3.05, 3.63) is 22.4 Å². The van der Waals surface area contributed by atoms with E-state index in [1.807, 2.05) is 17.5 Å². The van der Waals surface area contributed by atoms with Gasteiger partial charge >= 0.3 is 12.1 Å². The molecule has 1 aromatic rings. The maximum atomic E-state index is 12.1.